The van der Waals surface area contributed by atoms with Crippen LogP contribution >= 0.6 is 0 Å². The lowest BCUT2D eigenvalue weighted by Gasteiger charge is -2.13. The van der Waals surface area contributed by atoms with E-state index >= 15 is 0 Å². The van der Waals surface area contributed by atoms with Crippen LogP contribution in [0.4, 0.5) is 0 Å². The van der Waals surface area contributed by atoms with E-state index in [4.69, 9.17) is 14.4 Å². The molecule has 0 N–H and O–H groups in total. The Bertz CT molecular complexity index is 2830. The maximum Gasteiger partial charge on any atom is 0.145 e. The molecule has 0 spiro atoms. The SMILES string of the molecule is c1ccc(-c2nc3ccccc3n2-c2ccc(-c3cccc(-c4nc5ccccc5c5c4ccc4c6ccccc6oc45)c3)cc2)cc1. The van der Waals surface area contributed by atoms with Gasteiger partial charge in [0.2, 0.25) is 0 Å². The van der Waals surface area contributed by atoms with Crippen LogP contribution in [0.3, 0.4) is 0 Å². The van der Waals surface area contributed by atoms with Crippen LogP contribution in [0, 0.1) is 0 Å². The van der Waals surface area contributed by atoms with Crippen LogP contribution in [0.25, 0.3) is 94.1 Å². The molecule has 0 aliphatic rings. The first-order valence-corrected chi connectivity index (χ1v) is 16.2. The molecule has 48 heavy (non-hydrogen) atoms. The number of hydrogen-bond acceptors (Lipinski definition) is 3. The van der Waals surface area contributed by atoms with Crippen LogP contribution < -0.4 is 0 Å². The number of pyridine rings is 1. The van der Waals surface area contributed by atoms with Crippen molar-refractivity contribution in [2.45, 2.75) is 0 Å². The average Bonchev–Trinajstić information content (AvgIpc) is 3.74. The van der Waals surface area contributed by atoms with E-state index in [9.17, 15) is 0 Å². The summed E-state index contributed by atoms with van der Waals surface area (Å²) in [6.45, 7) is 0. The van der Waals surface area contributed by atoms with Crippen molar-refractivity contribution in [1.82, 2.24) is 14.5 Å². The van der Waals surface area contributed by atoms with Crippen LogP contribution in [0.15, 0.2) is 168 Å². The predicted octanol–water partition coefficient (Wildman–Crippen LogP) is 11.6. The second kappa shape index (κ2) is 10.5. The Morgan fingerprint density at radius 2 is 1.12 bits per heavy atom. The summed E-state index contributed by atoms with van der Waals surface area (Å²) in [6.07, 6.45) is 0. The van der Waals surface area contributed by atoms with Gasteiger partial charge in [-0.3, -0.25) is 4.57 Å². The van der Waals surface area contributed by atoms with Gasteiger partial charge in [0.15, 0.2) is 0 Å². The fraction of sp³-hybridized carbons (Fsp3) is 0. The van der Waals surface area contributed by atoms with Crippen molar-refractivity contribution in [1.29, 1.82) is 0 Å². The minimum Gasteiger partial charge on any atom is -0.455 e. The van der Waals surface area contributed by atoms with Crippen molar-refractivity contribution in [3.8, 4) is 39.5 Å². The van der Waals surface area contributed by atoms with E-state index in [0.29, 0.717) is 0 Å². The van der Waals surface area contributed by atoms with Gasteiger partial charge in [-0.1, -0.05) is 115 Å². The van der Waals surface area contributed by atoms with Crippen molar-refractivity contribution < 1.29 is 4.42 Å². The molecule has 10 aromatic rings. The van der Waals surface area contributed by atoms with Crippen molar-refractivity contribution in [2.24, 2.45) is 0 Å². The number of hydrogen-bond donors (Lipinski definition) is 0. The summed E-state index contributed by atoms with van der Waals surface area (Å²) >= 11 is 0. The number of para-hydroxylation sites is 4. The van der Waals surface area contributed by atoms with Crippen LogP contribution in [-0.2, 0) is 0 Å². The first-order valence-electron chi connectivity index (χ1n) is 16.2. The van der Waals surface area contributed by atoms with Crippen LogP contribution in [-0.4, -0.2) is 14.5 Å². The molecule has 10 rings (SSSR count). The Morgan fingerprint density at radius 1 is 0.438 bits per heavy atom. The van der Waals surface area contributed by atoms with E-state index in [1.54, 1.807) is 0 Å². The standard InChI is InChI=1S/C44H27N3O/c1-2-11-29(12-3-1)44-46-38-18-7-8-19-39(38)47(44)32-23-21-28(22-24-32)30-13-10-14-31(27-30)42-36-26-25-34-33-15-5-9-20-40(33)48-43(34)41(36)35-16-4-6-17-37(35)45-42/h1-27H. The Labute approximate surface area is 276 Å². The van der Waals surface area contributed by atoms with E-state index < -0.39 is 0 Å². The molecule has 3 aromatic heterocycles. The van der Waals surface area contributed by atoms with Gasteiger partial charge in [0.25, 0.3) is 0 Å². The molecule has 0 bridgehead atoms. The zero-order valence-corrected chi connectivity index (χ0v) is 25.8. The molecule has 4 heteroatoms. The van der Waals surface area contributed by atoms with E-state index in [1.807, 2.05) is 30.3 Å². The molecule has 0 aliphatic heterocycles. The highest BCUT2D eigenvalue weighted by Crippen LogP contribution is 2.41. The topological polar surface area (TPSA) is 43.9 Å². The molecule has 0 unspecified atom stereocenters. The van der Waals surface area contributed by atoms with Gasteiger partial charge >= 0.3 is 0 Å². The molecule has 0 radical (unpaired) electrons. The smallest absolute Gasteiger partial charge is 0.145 e. The summed E-state index contributed by atoms with van der Waals surface area (Å²) in [5, 5.41) is 5.51. The van der Waals surface area contributed by atoms with Gasteiger partial charge in [0.05, 0.1) is 22.2 Å². The molecule has 0 amide bonds. The highest BCUT2D eigenvalue weighted by molar-refractivity contribution is 6.24. The maximum absolute atomic E-state index is 6.53. The minimum atomic E-state index is 0.896. The van der Waals surface area contributed by atoms with Gasteiger partial charge in [-0.2, -0.15) is 0 Å². The molecule has 0 fully saturated rings. The van der Waals surface area contributed by atoms with E-state index in [2.05, 4.69) is 138 Å². The van der Waals surface area contributed by atoms with Crippen LogP contribution in [0.1, 0.15) is 0 Å². The van der Waals surface area contributed by atoms with Gasteiger partial charge in [-0.15, -0.1) is 0 Å². The average molecular weight is 614 g/mol. The molecule has 0 aliphatic carbocycles. The van der Waals surface area contributed by atoms with Crippen molar-refractivity contribution in [2.75, 3.05) is 0 Å². The molecular formula is C44H27N3O. The Kier molecular flexibility index (Phi) is 5.84. The predicted molar refractivity (Wildman–Crippen MR) is 197 cm³/mol. The van der Waals surface area contributed by atoms with E-state index in [0.717, 1.165) is 94.1 Å². The lowest BCUT2D eigenvalue weighted by Crippen LogP contribution is -1.97. The third kappa shape index (κ3) is 4.10. The number of aromatic nitrogens is 3. The van der Waals surface area contributed by atoms with E-state index in [-0.39, 0.29) is 0 Å². The van der Waals surface area contributed by atoms with Gasteiger partial charge in [-0.25, -0.2) is 9.97 Å². The molecule has 0 saturated carbocycles. The van der Waals surface area contributed by atoms with Gasteiger partial charge in [0, 0.05) is 43.7 Å². The fourth-order valence-electron chi connectivity index (χ4n) is 7.15. The third-order valence-corrected chi connectivity index (χ3v) is 9.40. The number of rotatable bonds is 4. The third-order valence-electron chi connectivity index (χ3n) is 9.40. The fourth-order valence-corrected chi connectivity index (χ4v) is 7.15. The minimum absolute atomic E-state index is 0.896. The molecule has 4 nitrogen and oxygen atoms in total. The Balaban J connectivity index is 1.11. The summed E-state index contributed by atoms with van der Waals surface area (Å²) in [5.74, 6) is 0.930. The number of benzene rings is 7. The molecular weight excluding hydrogens is 587 g/mol. The highest BCUT2D eigenvalue weighted by atomic mass is 16.3. The first kappa shape index (κ1) is 26.7. The lowest BCUT2D eigenvalue weighted by atomic mass is 9.96. The normalized spacial score (nSPS) is 11.8. The van der Waals surface area contributed by atoms with Crippen molar-refractivity contribution in [3.63, 3.8) is 0 Å². The van der Waals surface area contributed by atoms with E-state index in [1.165, 1.54) is 0 Å². The zero-order valence-electron chi connectivity index (χ0n) is 25.8. The number of nitrogens with zero attached hydrogens (tertiary/aromatic N) is 3. The van der Waals surface area contributed by atoms with Gasteiger partial charge < -0.3 is 4.42 Å². The molecule has 3 heterocycles. The maximum atomic E-state index is 6.53. The summed E-state index contributed by atoms with van der Waals surface area (Å²) < 4.78 is 8.77. The summed E-state index contributed by atoms with van der Waals surface area (Å²) in [5.41, 5.74) is 11.2. The summed E-state index contributed by atoms with van der Waals surface area (Å²) in [7, 11) is 0. The molecule has 0 atom stereocenters. The lowest BCUT2D eigenvalue weighted by molar-refractivity contribution is 0.673. The van der Waals surface area contributed by atoms with Crippen LogP contribution in [0.2, 0.25) is 0 Å². The summed E-state index contributed by atoms with van der Waals surface area (Å²) in [6, 6.07) is 57.1. The Hall–Kier alpha value is -6.52. The zero-order chi connectivity index (χ0) is 31.6. The second-order valence-electron chi connectivity index (χ2n) is 12.2. The van der Waals surface area contributed by atoms with Crippen LogP contribution in [0.5, 0.6) is 0 Å². The number of fused-ring (bicyclic) bond motifs is 8. The monoisotopic (exact) mass is 613 g/mol. The summed E-state index contributed by atoms with van der Waals surface area (Å²) in [4.78, 5) is 10.2. The second-order valence-corrected chi connectivity index (χ2v) is 12.2. The van der Waals surface area contributed by atoms with Gasteiger partial charge in [0.1, 0.15) is 17.0 Å². The first-order chi connectivity index (χ1) is 23.8. The molecule has 7 aromatic carbocycles. The van der Waals surface area contributed by atoms with Crippen molar-refractivity contribution >= 4 is 54.6 Å². The molecule has 0 saturated heterocycles. The van der Waals surface area contributed by atoms with Crippen molar-refractivity contribution in [3.05, 3.63) is 164 Å². The highest BCUT2D eigenvalue weighted by Gasteiger charge is 2.18. The quantitative estimate of drug-likeness (QED) is 0.186. The van der Waals surface area contributed by atoms with Gasteiger partial charge in [-0.05, 0) is 59.7 Å². The largest absolute Gasteiger partial charge is 0.455 e. The number of furan rings is 1. The number of imidazole rings is 1. The molecule has 224 valence electrons. The Morgan fingerprint density at radius 3 is 2.00 bits per heavy atom.